The molecule has 1 saturated carbocycles. The molecule has 0 bridgehead atoms. The van der Waals surface area contributed by atoms with Crippen LogP contribution in [0.15, 0.2) is 33.6 Å². The second-order valence-corrected chi connectivity index (χ2v) is 9.30. The Morgan fingerprint density at radius 2 is 1.93 bits per heavy atom. The molecule has 1 atom stereocenters. The number of benzene rings is 1. The van der Waals surface area contributed by atoms with E-state index in [2.05, 4.69) is 9.71 Å². The smallest absolute Gasteiger partial charge is 0.283 e. The van der Waals surface area contributed by atoms with E-state index in [9.17, 15) is 18.0 Å². The van der Waals surface area contributed by atoms with E-state index in [0.717, 1.165) is 25.8 Å². The maximum atomic E-state index is 12.5. The number of carbonyl (C=O) groups is 2. The minimum absolute atomic E-state index is 0.0417. The molecule has 3 fully saturated rings. The first-order chi connectivity index (χ1) is 13.3. The second kappa shape index (κ2) is 7.20. The zero-order chi connectivity index (χ0) is 19.9. The maximum Gasteiger partial charge on any atom is 0.283 e. The molecule has 1 aromatic rings. The summed E-state index contributed by atoms with van der Waals surface area (Å²) in [5.74, 6) is 0.0457. The van der Waals surface area contributed by atoms with Crippen LogP contribution in [0.1, 0.15) is 32.1 Å². The molecule has 2 heterocycles. The lowest BCUT2D eigenvalue weighted by molar-refractivity contribution is -0.128. The number of anilines is 1. The van der Waals surface area contributed by atoms with Crippen LogP contribution in [0.2, 0.25) is 0 Å². The number of nitrogens with one attached hydrogen (secondary N) is 1. The molecule has 2 saturated heterocycles. The van der Waals surface area contributed by atoms with Gasteiger partial charge in [-0.1, -0.05) is 0 Å². The van der Waals surface area contributed by atoms with Gasteiger partial charge in [-0.25, -0.2) is 0 Å². The molecule has 4 rings (SSSR count). The molecule has 28 heavy (non-hydrogen) atoms. The average Bonchev–Trinajstić information content (AvgIpc) is 3.31. The van der Waals surface area contributed by atoms with E-state index in [-0.39, 0.29) is 29.0 Å². The zero-order valence-corrected chi connectivity index (χ0v) is 16.6. The normalized spacial score (nSPS) is 24.2. The van der Waals surface area contributed by atoms with E-state index in [1.54, 1.807) is 17.0 Å². The summed E-state index contributed by atoms with van der Waals surface area (Å²) in [6.45, 7) is 1.27. The Hall–Kier alpha value is -2.42. The van der Waals surface area contributed by atoms with Gasteiger partial charge < -0.3 is 15.1 Å². The van der Waals surface area contributed by atoms with Crippen LogP contribution in [0.25, 0.3) is 0 Å². The van der Waals surface area contributed by atoms with Gasteiger partial charge in [-0.2, -0.15) is 8.42 Å². The molecule has 2 amide bonds. The van der Waals surface area contributed by atoms with Gasteiger partial charge >= 0.3 is 0 Å². The van der Waals surface area contributed by atoms with Gasteiger partial charge in [-0.3, -0.25) is 9.59 Å². The molecule has 8 nitrogen and oxygen atoms in total. The summed E-state index contributed by atoms with van der Waals surface area (Å²) >= 11 is 0. The fourth-order valence-corrected chi connectivity index (χ4v) is 4.80. The summed E-state index contributed by atoms with van der Waals surface area (Å²) in [5, 5.41) is 2.79. The highest BCUT2D eigenvalue weighted by atomic mass is 32.2. The molecule has 1 N–H and O–H groups in total. The summed E-state index contributed by atoms with van der Waals surface area (Å²) in [7, 11) is -1.94. The first-order valence-corrected chi connectivity index (χ1v) is 11.0. The van der Waals surface area contributed by atoms with Crippen molar-refractivity contribution >= 4 is 33.4 Å². The van der Waals surface area contributed by atoms with E-state index in [1.807, 2.05) is 11.9 Å². The highest BCUT2D eigenvalue weighted by Gasteiger charge is 2.41. The van der Waals surface area contributed by atoms with Gasteiger partial charge in [0.15, 0.2) is 0 Å². The van der Waals surface area contributed by atoms with Crippen molar-refractivity contribution in [2.45, 2.75) is 43.0 Å². The summed E-state index contributed by atoms with van der Waals surface area (Å²) in [4.78, 5) is 28.2. The monoisotopic (exact) mass is 404 g/mol. The number of hydrogen-bond acceptors (Lipinski definition) is 4. The van der Waals surface area contributed by atoms with E-state index in [0.29, 0.717) is 30.5 Å². The molecule has 1 aliphatic carbocycles. The number of rotatable bonds is 5. The van der Waals surface area contributed by atoms with Crippen LogP contribution >= 0.6 is 0 Å². The highest BCUT2D eigenvalue weighted by molar-refractivity contribution is 7.90. The number of likely N-dealkylation sites (tertiary alicyclic amines) is 2. The Labute approximate surface area is 164 Å². The lowest BCUT2D eigenvalue weighted by atomic mass is 10.1. The van der Waals surface area contributed by atoms with Crippen molar-refractivity contribution in [3.8, 4) is 0 Å². The van der Waals surface area contributed by atoms with Gasteiger partial charge in [0.1, 0.15) is 5.84 Å². The molecule has 9 heteroatoms. The Morgan fingerprint density at radius 1 is 1.21 bits per heavy atom. The van der Waals surface area contributed by atoms with Crippen LogP contribution in [-0.2, 0) is 19.6 Å². The maximum absolute atomic E-state index is 12.5. The van der Waals surface area contributed by atoms with Crippen molar-refractivity contribution in [1.29, 1.82) is 0 Å². The van der Waals surface area contributed by atoms with Crippen LogP contribution in [0.4, 0.5) is 5.69 Å². The van der Waals surface area contributed by atoms with Crippen molar-refractivity contribution in [2.75, 3.05) is 25.5 Å². The first kappa shape index (κ1) is 18.9. The topological polar surface area (TPSA) is 99.1 Å². The second-order valence-electron chi connectivity index (χ2n) is 7.70. The zero-order valence-electron chi connectivity index (χ0n) is 15.8. The molecule has 0 aromatic heterocycles. The lowest BCUT2D eigenvalue weighted by Crippen LogP contribution is -2.29. The quantitative estimate of drug-likeness (QED) is 0.801. The number of amidine groups is 1. The van der Waals surface area contributed by atoms with Gasteiger partial charge in [0.05, 0.1) is 10.8 Å². The Kier molecular flexibility index (Phi) is 4.86. The van der Waals surface area contributed by atoms with E-state index >= 15 is 0 Å². The van der Waals surface area contributed by atoms with Crippen LogP contribution in [-0.4, -0.2) is 62.0 Å². The number of nitrogens with zero attached hydrogens (tertiary/aromatic N) is 3. The van der Waals surface area contributed by atoms with E-state index in [4.69, 9.17) is 0 Å². The van der Waals surface area contributed by atoms with E-state index in [1.165, 1.54) is 12.1 Å². The SMILES string of the molecule is CN1CCC/C1=N\S(=O)(=O)c1ccc(NC(=O)C2CC(=O)N(C3CC3)C2)cc1. The third-order valence-electron chi connectivity index (χ3n) is 5.50. The highest BCUT2D eigenvalue weighted by Crippen LogP contribution is 2.33. The third-order valence-corrected chi connectivity index (χ3v) is 6.82. The van der Waals surface area contributed by atoms with Crippen LogP contribution < -0.4 is 5.32 Å². The van der Waals surface area contributed by atoms with Gasteiger partial charge in [-0.15, -0.1) is 4.40 Å². The molecule has 2 aliphatic heterocycles. The van der Waals surface area contributed by atoms with Crippen molar-refractivity contribution in [3.05, 3.63) is 24.3 Å². The fraction of sp³-hybridized carbons (Fsp3) is 0.526. The Morgan fingerprint density at radius 3 is 2.54 bits per heavy atom. The van der Waals surface area contributed by atoms with Gasteiger partial charge in [0.25, 0.3) is 10.0 Å². The van der Waals surface area contributed by atoms with Gasteiger partial charge in [-0.05, 0) is 43.5 Å². The standard InChI is InChI=1S/C19H24N4O4S/c1-22-10-2-3-17(22)21-28(26,27)16-8-4-14(5-9-16)20-19(25)13-11-18(24)23(12-13)15-6-7-15/h4-5,8-9,13,15H,2-3,6-7,10-12H2,1H3,(H,20,25)/b21-17+. The molecular weight excluding hydrogens is 380 g/mol. The van der Waals surface area contributed by atoms with Gasteiger partial charge in [0.2, 0.25) is 11.8 Å². The molecule has 0 radical (unpaired) electrons. The summed E-state index contributed by atoms with van der Waals surface area (Å²) in [6, 6.07) is 6.31. The molecule has 150 valence electrons. The summed E-state index contributed by atoms with van der Waals surface area (Å²) in [6.07, 6.45) is 3.84. The summed E-state index contributed by atoms with van der Waals surface area (Å²) < 4.78 is 28.9. The minimum Gasteiger partial charge on any atom is -0.362 e. The number of amides is 2. The van der Waals surface area contributed by atoms with E-state index < -0.39 is 10.0 Å². The van der Waals surface area contributed by atoms with Gasteiger partial charge in [0, 0.05) is 44.7 Å². The van der Waals surface area contributed by atoms with Crippen LogP contribution in [0, 0.1) is 5.92 Å². The average molecular weight is 404 g/mol. The predicted molar refractivity (Wildman–Crippen MR) is 104 cm³/mol. The molecule has 1 aromatic carbocycles. The van der Waals surface area contributed by atoms with Crippen LogP contribution in [0.5, 0.6) is 0 Å². The fourth-order valence-electron chi connectivity index (χ4n) is 3.70. The largest absolute Gasteiger partial charge is 0.362 e. The van der Waals surface area contributed by atoms with Crippen molar-refractivity contribution < 1.29 is 18.0 Å². The minimum atomic E-state index is -3.77. The van der Waals surface area contributed by atoms with Crippen molar-refractivity contribution in [2.24, 2.45) is 10.3 Å². The Bertz CT molecular complexity index is 922. The molecule has 0 spiro atoms. The number of hydrogen-bond donors (Lipinski definition) is 1. The van der Waals surface area contributed by atoms with Crippen LogP contribution in [0.3, 0.4) is 0 Å². The number of carbonyl (C=O) groups excluding carboxylic acids is 2. The molecular formula is C19H24N4O4S. The van der Waals surface area contributed by atoms with Crippen molar-refractivity contribution in [1.82, 2.24) is 9.80 Å². The van der Waals surface area contributed by atoms with Crippen molar-refractivity contribution in [3.63, 3.8) is 0 Å². The predicted octanol–water partition coefficient (Wildman–Crippen LogP) is 1.45. The first-order valence-electron chi connectivity index (χ1n) is 9.59. The third kappa shape index (κ3) is 3.89. The Balaban J connectivity index is 1.40. The summed E-state index contributed by atoms with van der Waals surface area (Å²) in [5.41, 5.74) is 0.506. The number of sulfonamides is 1. The molecule has 1 unspecified atom stereocenters. The molecule has 3 aliphatic rings. The lowest BCUT2D eigenvalue weighted by Gasteiger charge is -2.15.